The lowest BCUT2D eigenvalue weighted by Gasteiger charge is -2.07. The van der Waals surface area contributed by atoms with Crippen LogP contribution in [0.4, 0.5) is 5.69 Å². The van der Waals surface area contributed by atoms with Crippen LogP contribution in [0.15, 0.2) is 41.5 Å². The monoisotopic (exact) mass is 229 g/mol. The fourth-order valence-corrected chi connectivity index (χ4v) is 1.53. The summed E-state index contributed by atoms with van der Waals surface area (Å²) in [6.45, 7) is 1.42. The molecule has 0 unspecified atom stereocenters. The van der Waals surface area contributed by atoms with Crippen molar-refractivity contribution in [3.8, 4) is 11.3 Å². The molecule has 0 saturated heterocycles. The quantitative estimate of drug-likeness (QED) is 0.817. The Morgan fingerprint density at radius 1 is 1.35 bits per heavy atom. The number of anilines is 1. The largest absolute Gasteiger partial charge is 0.326 e. The molecule has 5 heteroatoms. The van der Waals surface area contributed by atoms with Gasteiger partial charge in [0, 0.05) is 24.9 Å². The van der Waals surface area contributed by atoms with Crippen molar-refractivity contribution in [2.45, 2.75) is 6.92 Å². The Hall–Kier alpha value is -2.43. The van der Waals surface area contributed by atoms with Gasteiger partial charge in [-0.3, -0.25) is 9.59 Å². The Morgan fingerprint density at radius 3 is 2.82 bits per heavy atom. The number of hydrogen-bond donors (Lipinski definition) is 2. The third-order valence-corrected chi connectivity index (χ3v) is 2.20. The lowest BCUT2D eigenvalue weighted by molar-refractivity contribution is -0.114. The molecule has 1 amide bonds. The minimum atomic E-state index is -0.287. The normalized spacial score (nSPS) is 9.94. The van der Waals surface area contributed by atoms with Crippen LogP contribution in [0.25, 0.3) is 11.3 Å². The van der Waals surface area contributed by atoms with Crippen LogP contribution in [-0.4, -0.2) is 15.9 Å². The van der Waals surface area contributed by atoms with E-state index < -0.39 is 0 Å². The molecule has 0 saturated carbocycles. The first kappa shape index (κ1) is 11.1. The molecule has 1 aromatic carbocycles. The lowest BCUT2D eigenvalue weighted by atomic mass is 10.1. The smallest absolute Gasteiger partial charge is 0.274 e. The number of aromatic amines is 1. The van der Waals surface area contributed by atoms with E-state index in [1.54, 1.807) is 24.3 Å². The van der Waals surface area contributed by atoms with Crippen LogP contribution in [0.1, 0.15) is 6.92 Å². The van der Waals surface area contributed by atoms with E-state index in [0.29, 0.717) is 11.3 Å². The van der Waals surface area contributed by atoms with E-state index in [1.807, 2.05) is 0 Å². The highest BCUT2D eigenvalue weighted by molar-refractivity contribution is 5.93. The molecule has 1 aromatic heterocycles. The van der Waals surface area contributed by atoms with Crippen LogP contribution in [-0.2, 0) is 4.79 Å². The van der Waals surface area contributed by atoms with Gasteiger partial charge >= 0.3 is 0 Å². The van der Waals surface area contributed by atoms with Crippen LogP contribution in [0.2, 0.25) is 0 Å². The first-order valence-corrected chi connectivity index (χ1v) is 5.09. The molecule has 0 fully saturated rings. The summed E-state index contributed by atoms with van der Waals surface area (Å²) in [6.07, 6.45) is 2.97. The van der Waals surface area contributed by atoms with E-state index in [1.165, 1.54) is 19.3 Å². The van der Waals surface area contributed by atoms with Gasteiger partial charge in [-0.2, -0.15) is 0 Å². The topological polar surface area (TPSA) is 74.8 Å². The number of para-hydroxylation sites is 1. The van der Waals surface area contributed by atoms with Crippen LogP contribution in [0.3, 0.4) is 0 Å². The molecule has 86 valence electrons. The second-order valence-corrected chi connectivity index (χ2v) is 3.49. The van der Waals surface area contributed by atoms with Crippen molar-refractivity contribution in [2.24, 2.45) is 0 Å². The van der Waals surface area contributed by atoms with Crippen LogP contribution in [0, 0.1) is 0 Å². The molecule has 0 spiro atoms. The Balaban J connectivity index is 2.56. The fraction of sp³-hybridized carbons (Fsp3) is 0.0833. The van der Waals surface area contributed by atoms with Gasteiger partial charge in [-0.05, 0) is 6.07 Å². The molecular weight excluding hydrogens is 218 g/mol. The standard InChI is InChI=1S/C12H11N3O2/c1-8(16)15-10-5-3-2-4-9(10)11-12(17)14-7-6-13-11/h2-7H,1H3,(H,14,17)(H,15,16). The molecule has 0 radical (unpaired) electrons. The number of H-pyrrole nitrogens is 1. The maximum absolute atomic E-state index is 11.6. The molecule has 2 aromatic rings. The van der Waals surface area contributed by atoms with Gasteiger partial charge in [-0.1, -0.05) is 18.2 Å². The summed E-state index contributed by atoms with van der Waals surface area (Å²) >= 11 is 0. The predicted molar refractivity (Wildman–Crippen MR) is 64.6 cm³/mol. The summed E-state index contributed by atoms with van der Waals surface area (Å²) in [5.74, 6) is -0.190. The summed E-state index contributed by atoms with van der Waals surface area (Å²) in [7, 11) is 0. The van der Waals surface area contributed by atoms with Gasteiger partial charge in [-0.15, -0.1) is 0 Å². The van der Waals surface area contributed by atoms with Crippen molar-refractivity contribution < 1.29 is 4.79 Å². The number of nitrogens with one attached hydrogen (secondary N) is 2. The van der Waals surface area contributed by atoms with E-state index >= 15 is 0 Å². The highest BCUT2D eigenvalue weighted by Gasteiger charge is 2.09. The van der Waals surface area contributed by atoms with Gasteiger partial charge in [0.25, 0.3) is 5.56 Å². The van der Waals surface area contributed by atoms with E-state index in [0.717, 1.165) is 0 Å². The fourth-order valence-electron chi connectivity index (χ4n) is 1.53. The van der Waals surface area contributed by atoms with E-state index in [4.69, 9.17) is 0 Å². The number of rotatable bonds is 2. The maximum atomic E-state index is 11.6. The zero-order valence-corrected chi connectivity index (χ0v) is 9.23. The SMILES string of the molecule is CC(=O)Nc1ccccc1-c1ncc[nH]c1=O. The molecule has 2 N–H and O–H groups in total. The minimum absolute atomic E-state index is 0.190. The average Bonchev–Trinajstić information content (AvgIpc) is 2.30. The summed E-state index contributed by atoms with van der Waals surface area (Å²) in [6, 6.07) is 7.04. The van der Waals surface area contributed by atoms with Crippen LogP contribution in [0.5, 0.6) is 0 Å². The van der Waals surface area contributed by atoms with Crippen molar-refractivity contribution in [3.05, 3.63) is 47.0 Å². The number of benzene rings is 1. The van der Waals surface area contributed by atoms with Gasteiger partial charge in [0.15, 0.2) is 0 Å². The van der Waals surface area contributed by atoms with Gasteiger partial charge < -0.3 is 10.3 Å². The van der Waals surface area contributed by atoms with Gasteiger partial charge in [-0.25, -0.2) is 4.98 Å². The molecule has 2 rings (SSSR count). The first-order chi connectivity index (χ1) is 8.18. The number of carbonyl (C=O) groups is 1. The van der Waals surface area contributed by atoms with Crippen LogP contribution >= 0.6 is 0 Å². The van der Waals surface area contributed by atoms with Crippen molar-refractivity contribution >= 4 is 11.6 Å². The second-order valence-electron chi connectivity index (χ2n) is 3.49. The van der Waals surface area contributed by atoms with E-state index in [2.05, 4.69) is 15.3 Å². The molecule has 17 heavy (non-hydrogen) atoms. The Bertz CT molecular complexity index is 604. The Morgan fingerprint density at radius 2 is 2.12 bits per heavy atom. The average molecular weight is 229 g/mol. The minimum Gasteiger partial charge on any atom is -0.326 e. The Labute approximate surface area is 97.5 Å². The lowest BCUT2D eigenvalue weighted by Crippen LogP contribution is -2.12. The zero-order valence-electron chi connectivity index (χ0n) is 9.23. The highest BCUT2D eigenvalue weighted by atomic mass is 16.1. The van der Waals surface area contributed by atoms with Gasteiger partial charge in [0.05, 0.1) is 5.69 Å². The maximum Gasteiger partial charge on any atom is 0.274 e. The molecule has 0 atom stereocenters. The van der Waals surface area contributed by atoms with Crippen molar-refractivity contribution in [1.82, 2.24) is 9.97 Å². The predicted octanol–water partition coefficient (Wildman–Crippen LogP) is 1.40. The molecule has 1 heterocycles. The third kappa shape index (κ3) is 2.39. The molecule has 0 aliphatic heterocycles. The number of amides is 1. The molecular formula is C12H11N3O2. The molecule has 0 aliphatic rings. The van der Waals surface area contributed by atoms with Gasteiger partial charge in [0.2, 0.25) is 5.91 Å². The van der Waals surface area contributed by atoms with Crippen LogP contribution < -0.4 is 10.9 Å². The van der Waals surface area contributed by atoms with Crippen molar-refractivity contribution in [1.29, 1.82) is 0 Å². The highest BCUT2D eigenvalue weighted by Crippen LogP contribution is 2.23. The summed E-state index contributed by atoms with van der Waals surface area (Å²) in [5.41, 5.74) is 1.18. The number of carbonyl (C=O) groups excluding carboxylic acids is 1. The zero-order chi connectivity index (χ0) is 12.3. The molecule has 0 bridgehead atoms. The number of aromatic nitrogens is 2. The summed E-state index contributed by atoms with van der Waals surface area (Å²) in [4.78, 5) is 29.3. The van der Waals surface area contributed by atoms with Crippen molar-refractivity contribution in [3.63, 3.8) is 0 Å². The summed E-state index contributed by atoms with van der Waals surface area (Å²) in [5, 5.41) is 2.67. The summed E-state index contributed by atoms with van der Waals surface area (Å²) < 4.78 is 0. The Kier molecular flexibility index (Phi) is 3.00. The first-order valence-electron chi connectivity index (χ1n) is 5.09. The number of nitrogens with zero attached hydrogens (tertiary/aromatic N) is 1. The van der Waals surface area contributed by atoms with Gasteiger partial charge in [0.1, 0.15) is 5.69 Å². The van der Waals surface area contributed by atoms with Crippen molar-refractivity contribution in [2.75, 3.05) is 5.32 Å². The van der Waals surface area contributed by atoms with E-state index in [-0.39, 0.29) is 17.2 Å². The molecule has 0 aliphatic carbocycles. The third-order valence-electron chi connectivity index (χ3n) is 2.20. The van der Waals surface area contributed by atoms with E-state index in [9.17, 15) is 9.59 Å². The second kappa shape index (κ2) is 4.61. The number of hydrogen-bond acceptors (Lipinski definition) is 3. The molecule has 5 nitrogen and oxygen atoms in total.